The molecule has 0 aliphatic rings. The lowest BCUT2D eigenvalue weighted by Gasteiger charge is -2.00. The normalized spacial score (nSPS) is 10.6. The zero-order chi connectivity index (χ0) is 15.8. The molecule has 7 heteroatoms. The highest BCUT2D eigenvalue weighted by atomic mass is 32.1. The average Bonchev–Trinajstić information content (AvgIpc) is 2.93. The van der Waals surface area contributed by atoms with E-state index in [2.05, 4.69) is 15.5 Å². The van der Waals surface area contributed by atoms with Crippen LogP contribution in [0.3, 0.4) is 0 Å². The van der Waals surface area contributed by atoms with Crippen LogP contribution in [0.15, 0.2) is 30.3 Å². The molecule has 1 aromatic heterocycles. The van der Waals surface area contributed by atoms with Gasteiger partial charge in [-0.2, -0.15) is 0 Å². The monoisotopic (exact) mass is 317 g/mol. The average molecular weight is 317 g/mol. The summed E-state index contributed by atoms with van der Waals surface area (Å²) in [4.78, 5) is 22.8. The van der Waals surface area contributed by atoms with Crippen molar-refractivity contribution in [1.82, 2.24) is 10.2 Å². The molecule has 1 amide bonds. The minimum atomic E-state index is -0.561. The van der Waals surface area contributed by atoms with Gasteiger partial charge >= 0.3 is 5.97 Å². The minimum Gasteiger partial charge on any atom is -0.466 e. The molecule has 0 aliphatic heterocycles. The van der Waals surface area contributed by atoms with E-state index in [1.165, 1.54) is 11.3 Å². The van der Waals surface area contributed by atoms with E-state index < -0.39 is 11.9 Å². The summed E-state index contributed by atoms with van der Waals surface area (Å²) in [5, 5.41) is 11.3. The maximum absolute atomic E-state index is 11.6. The van der Waals surface area contributed by atoms with Gasteiger partial charge in [-0.05, 0) is 18.6 Å². The van der Waals surface area contributed by atoms with Crippen LogP contribution in [0.25, 0.3) is 12.2 Å². The number of ether oxygens (including phenoxy) is 1. The summed E-state index contributed by atoms with van der Waals surface area (Å²) in [7, 11) is 0. The van der Waals surface area contributed by atoms with Gasteiger partial charge in [0, 0.05) is 0 Å². The molecule has 0 unspecified atom stereocenters. The second-order valence-corrected chi connectivity index (χ2v) is 5.23. The lowest BCUT2D eigenvalue weighted by Crippen LogP contribution is -2.18. The summed E-state index contributed by atoms with van der Waals surface area (Å²) < 4.78 is 4.70. The van der Waals surface area contributed by atoms with Crippen molar-refractivity contribution >= 4 is 40.5 Å². The van der Waals surface area contributed by atoms with Crippen molar-refractivity contribution in [2.24, 2.45) is 0 Å². The van der Waals surface area contributed by atoms with Gasteiger partial charge in [-0.15, -0.1) is 10.2 Å². The Morgan fingerprint density at radius 1 is 1.23 bits per heavy atom. The summed E-state index contributed by atoms with van der Waals surface area (Å²) in [6, 6.07) is 9.78. The first kappa shape index (κ1) is 15.8. The number of aromatic nitrogens is 2. The third-order valence-electron chi connectivity index (χ3n) is 2.52. The Hall–Kier alpha value is -2.54. The van der Waals surface area contributed by atoms with E-state index in [4.69, 9.17) is 4.74 Å². The lowest BCUT2D eigenvalue weighted by molar-refractivity contribution is -0.145. The molecule has 1 heterocycles. The van der Waals surface area contributed by atoms with Gasteiger partial charge in [0.25, 0.3) is 0 Å². The fourth-order valence-corrected chi connectivity index (χ4v) is 2.25. The van der Waals surface area contributed by atoms with Crippen LogP contribution < -0.4 is 5.32 Å². The topological polar surface area (TPSA) is 81.2 Å². The highest BCUT2D eigenvalue weighted by molar-refractivity contribution is 7.16. The van der Waals surface area contributed by atoms with E-state index in [-0.39, 0.29) is 13.0 Å². The fourth-order valence-electron chi connectivity index (χ4n) is 1.59. The summed E-state index contributed by atoms with van der Waals surface area (Å²) >= 11 is 1.23. The quantitative estimate of drug-likeness (QED) is 0.654. The highest BCUT2D eigenvalue weighted by Crippen LogP contribution is 2.17. The van der Waals surface area contributed by atoms with Crippen LogP contribution in [0, 0.1) is 0 Å². The zero-order valence-corrected chi connectivity index (χ0v) is 12.8. The smallest absolute Gasteiger partial charge is 0.315 e. The Morgan fingerprint density at radius 2 is 2.00 bits per heavy atom. The molecular weight excluding hydrogens is 302 g/mol. The first-order valence-corrected chi connectivity index (χ1v) is 7.51. The number of amides is 1. The summed E-state index contributed by atoms with van der Waals surface area (Å²) in [5.41, 5.74) is 1.05. The van der Waals surface area contributed by atoms with Gasteiger partial charge in [0.2, 0.25) is 11.0 Å². The maximum atomic E-state index is 11.6. The van der Waals surface area contributed by atoms with Crippen LogP contribution in [0.4, 0.5) is 5.13 Å². The molecule has 6 nitrogen and oxygen atoms in total. The number of rotatable bonds is 6. The van der Waals surface area contributed by atoms with E-state index in [0.29, 0.717) is 10.1 Å². The zero-order valence-electron chi connectivity index (χ0n) is 12.0. The molecule has 0 atom stereocenters. The fraction of sp³-hybridized carbons (Fsp3) is 0.200. The first-order valence-electron chi connectivity index (χ1n) is 6.69. The number of nitrogens with one attached hydrogen (secondary N) is 1. The number of anilines is 1. The summed E-state index contributed by atoms with van der Waals surface area (Å²) in [6.45, 7) is 1.94. The van der Waals surface area contributed by atoms with Gasteiger partial charge in [0.05, 0.1) is 6.61 Å². The van der Waals surface area contributed by atoms with Gasteiger partial charge in [-0.3, -0.25) is 9.59 Å². The molecule has 2 rings (SSSR count). The number of hydrogen-bond acceptors (Lipinski definition) is 6. The van der Waals surface area contributed by atoms with Crippen LogP contribution in [-0.2, 0) is 14.3 Å². The molecule has 0 spiro atoms. The second-order valence-electron chi connectivity index (χ2n) is 4.22. The second kappa shape index (κ2) is 8.04. The summed E-state index contributed by atoms with van der Waals surface area (Å²) in [6.07, 6.45) is 3.39. The van der Waals surface area contributed by atoms with Gasteiger partial charge in [-0.1, -0.05) is 47.7 Å². The Balaban J connectivity index is 1.90. The molecule has 22 heavy (non-hydrogen) atoms. The molecule has 1 N–H and O–H groups in total. The number of nitrogens with zero attached hydrogens (tertiary/aromatic N) is 2. The van der Waals surface area contributed by atoms with Crippen molar-refractivity contribution in [3.8, 4) is 0 Å². The molecule has 1 aromatic carbocycles. The van der Waals surface area contributed by atoms with E-state index in [9.17, 15) is 9.59 Å². The molecule has 0 aliphatic carbocycles. The van der Waals surface area contributed by atoms with E-state index in [1.54, 1.807) is 6.92 Å². The SMILES string of the molecule is CCOC(=O)CC(=O)Nc1nnc(/C=C/c2ccccc2)s1. The van der Waals surface area contributed by atoms with Crippen LogP contribution >= 0.6 is 11.3 Å². The Kier molecular flexibility index (Phi) is 5.79. The number of hydrogen-bond donors (Lipinski definition) is 1. The van der Waals surface area contributed by atoms with Gasteiger partial charge in [0.15, 0.2) is 0 Å². The molecule has 0 fully saturated rings. The van der Waals surface area contributed by atoms with Gasteiger partial charge in [0.1, 0.15) is 11.4 Å². The van der Waals surface area contributed by atoms with Crippen LogP contribution in [0.5, 0.6) is 0 Å². The third kappa shape index (κ3) is 5.10. The largest absolute Gasteiger partial charge is 0.466 e. The molecule has 114 valence electrons. The van der Waals surface area contributed by atoms with Crippen LogP contribution in [0.2, 0.25) is 0 Å². The number of esters is 1. The Bertz CT molecular complexity index is 668. The number of carbonyl (C=O) groups is 2. The Morgan fingerprint density at radius 3 is 2.73 bits per heavy atom. The van der Waals surface area contributed by atoms with Crippen molar-refractivity contribution in [3.63, 3.8) is 0 Å². The van der Waals surface area contributed by atoms with Crippen molar-refractivity contribution in [3.05, 3.63) is 40.9 Å². The third-order valence-corrected chi connectivity index (χ3v) is 3.32. The lowest BCUT2D eigenvalue weighted by atomic mass is 10.2. The number of benzene rings is 1. The molecule has 0 saturated carbocycles. The summed E-state index contributed by atoms with van der Waals surface area (Å²) in [5.74, 6) is -1.03. The van der Waals surface area contributed by atoms with Crippen molar-refractivity contribution in [1.29, 1.82) is 0 Å². The molecule has 0 radical (unpaired) electrons. The molecule has 0 saturated heterocycles. The maximum Gasteiger partial charge on any atom is 0.315 e. The van der Waals surface area contributed by atoms with Crippen molar-refractivity contribution in [2.45, 2.75) is 13.3 Å². The first-order chi connectivity index (χ1) is 10.7. The van der Waals surface area contributed by atoms with E-state index >= 15 is 0 Å². The van der Waals surface area contributed by atoms with Crippen LogP contribution in [0.1, 0.15) is 23.9 Å². The Labute approximate surface area is 131 Å². The predicted molar refractivity (Wildman–Crippen MR) is 85.2 cm³/mol. The predicted octanol–water partition coefficient (Wildman–Crippen LogP) is 2.60. The van der Waals surface area contributed by atoms with E-state index in [0.717, 1.165) is 5.56 Å². The van der Waals surface area contributed by atoms with Gasteiger partial charge in [-0.25, -0.2) is 0 Å². The van der Waals surface area contributed by atoms with Crippen molar-refractivity contribution in [2.75, 3.05) is 11.9 Å². The molecule has 2 aromatic rings. The van der Waals surface area contributed by atoms with Crippen molar-refractivity contribution < 1.29 is 14.3 Å². The van der Waals surface area contributed by atoms with Crippen LogP contribution in [-0.4, -0.2) is 28.7 Å². The standard InChI is InChI=1S/C15H15N3O3S/c1-2-21-14(20)10-12(19)16-15-18-17-13(22-15)9-8-11-6-4-3-5-7-11/h3-9H,2,10H2,1H3,(H,16,18,19)/b9-8+. The minimum absolute atomic E-state index is 0.249. The highest BCUT2D eigenvalue weighted by Gasteiger charge is 2.12. The molecule has 0 bridgehead atoms. The van der Waals surface area contributed by atoms with Gasteiger partial charge < -0.3 is 10.1 Å². The van der Waals surface area contributed by atoms with E-state index in [1.807, 2.05) is 42.5 Å². The molecular formula is C15H15N3O3S. The number of carbonyl (C=O) groups excluding carboxylic acids is 2.